The van der Waals surface area contributed by atoms with Gasteiger partial charge in [0, 0.05) is 30.4 Å². The SMILES string of the molecule is c1cc(-c2ccc(-c3noc(CN4C[C@@H]5CCCC[C@H]5C4)n3)cc2)ncn1. The molecule has 3 heterocycles. The lowest BCUT2D eigenvalue weighted by atomic mass is 9.82. The van der Waals surface area contributed by atoms with E-state index in [2.05, 4.69) is 25.0 Å². The van der Waals surface area contributed by atoms with Gasteiger partial charge in [-0.3, -0.25) is 4.90 Å². The van der Waals surface area contributed by atoms with Crippen molar-refractivity contribution < 1.29 is 4.52 Å². The standard InChI is InChI=1S/C21H23N5O/c1-2-4-18-12-26(11-17(18)3-1)13-20-24-21(25-27-20)16-7-5-15(6-8-16)19-9-10-22-14-23-19/h5-10,14,17-18H,1-4,11-13H2/t17-,18-/m0/s1. The molecule has 1 aliphatic heterocycles. The Labute approximate surface area is 158 Å². The summed E-state index contributed by atoms with van der Waals surface area (Å²) in [7, 11) is 0. The van der Waals surface area contributed by atoms with E-state index in [0.29, 0.717) is 11.7 Å². The van der Waals surface area contributed by atoms with Crippen molar-refractivity contribution in [3.05, 3.63) is 48.7 Å². The van der Waals surface area contributed by atoms with Gasteiger partial charge in [-0.1, -0.05) is 42.3 Å². The van der Waals surface area contributed by atoms with E-state index in [4.69, 9.17) is 4.52 Å². The van der Waals surface area contributed by atoms with Crippen molar-refractivity contribution in [2.75, 3.05) is 13.1 Å². The minimum atomic E-state index is 0.649. The first-order valence-corrected chi connectivity index (χ1v) is 9.77. The summed E-state index contributed by atoms with van der Waals surface area (Å²) in [5.74, 6) is 3.10. The first-order valence-electron chi connectivity index (χ1n) is 9.77. The smallest absolute Gasteiger partial charge is 0.241 e. The molecule has 2 atom stereocenters. The van der Waals surface area contributed by atoms with E-state index in [1.165, 1.54) is 38.8 Å². The Kier molecular flexibility index (Phi) is 4.41. The van der Waals surface area contributed by atoms with Crippen LogP contribution < -0.4 is 0 Å². The molecule has 138 valence electrons. The molecular weight excluding hydrogens is 338 g/mol. The minimum absolute atomic E-state index is 0.649. The lowest BCUT2D eigenvalue weighted by Crippen LogP contribution is -2.20. The third-order valence-electron chi connectivity index (χ3n) is 5.90. The van der Waals surface area contributed by atoms with E-state index in [-0.39, 0.29) is 0 Å². The monoisotopic (exact) mass is 361 g/mol. The van der Waals surface area contributed by atoms with Crippen LogP contribution >= 0.6 is 0 Å². The molecule has 2 aliphatic rings. The van der Waals surface area contributed by atoms with E-state index >= 15 is 0 Å². The van der Waals surface area contributed by atoms with Crippen LogP contribution in [0.15, 0.2) is 47.4 Å². The quantitative estimate of drug-likeness (QED) is 0.704. The zero-order valence-corrected chi connectivity index (χ0v) is 15.3. The summed E-state index contributed by atoms with van der Waals surface area (Å²) in [5, 5.41) is 4.18. The van der Waals surface area contributed by atoms with E-state index in [0.717, 1.165) is 35.2 Å². The highest BCUT2D eigenvalue weighted by molar-refractivity contribution is 5.64. The molecule has 2 fully saturated rings. The summed E-state index contributed by atoms with van der Waals surface area (Å²) in [5.41, 5.74) is 2.91. The topological polar surface area (TPSA) is 67.9 Å². The van der Waals surface area contributed by atoms with Crippen molar-refractivity contribution >= 4 is 0 Å². The van der Waals surface area contributed by atoms with Crippen molar-refractivity contribution in [2.24, 2.45) is 11.8 Å². The molecule has 0 N–H and O–H groups in total. The van der Waals surface area contributed by atoms with E-state index in [1.807, 2.05) is 30.3 Å². The van der Waals surface area contributed by atoms with Gasteiger partial charge in [0.25, 0.3) is 0 Å². The molecular formula is C21H23N5O. The summed E-state index contributed by atoms with van der Waals surface area (Å²) in [4.78, 5) is 15.3. The molecule has 1 saturated carbocycles. The molecule has 0 amide bonds. The zero-order valence-electron chi connectivity index (χ0n) is 15.3. The maximum atomic E-state index is 5.53. The van der Waals surface area contributed by atoms with Gasteiger partial charge in [0.1, 0.15) is 6.33 Å². The van der Waals surface area contributed by atoms with Gasteiger partial charge in [0.2, 0.25) is 11.7 Å². The second kappa shape index (κ2) is 7.19. The van der Waals surface area contributed by atoms with Gasteiger partial charge in [0.15, 0.2) is 0 Å². The molecule has 5 rings (SSSR count). The summed E-state index contributed by atoms with van der Waals surface area (Å²) >= 11 is 0. The minimum Gasteiger partial charge on any atom is -0.338 e. The molecule has 0 radical (unpaired) electrons. The number of nitrogens with zero attached hydrogens (tertiary/aromatic N) is 5. The highest BCUT2D eigenvalue weighted by Gasteiger charge is 2.34. The summed E-state index contributed by atoms with van der Waals surface area (Å²) in [6, 6.07) is 9.97. The van der Waals surface area contributed by atoms with E-state index in [9.17, 15) is 0 Å². The normalized spacial score (nSPS) is 22.7. The Balaban J connectivity index is 1.27. The van der Waals surface area contributed by atoms with Crippen LogP contribution in [-0.2, 0) is 6.54 Å². The van der Waals surface area contributed by atoms with E-state index < -0.39 is 0 Å². The molecule has 0 bridgehead atoms. The highest BCUT2D eigenvalue weighted by atomic mass is 16.5. The Hall–Kier alpha value is -2.60. The fourth-order valence-corrected chi connectivity index (χ4v) is 4.51. The predicted octanol–water partition coefficient (Wildman–Crippen LogP) is 3.82. The fourth-order valence-electron chi connectivity index (χ4n) is 4.51. The number of hydrogen-bond acceptors (Lipinski definition) is 6. The fraction of sp³-hybridized carbons (Fsp3) is 0.429. The van der Waals surface area contributed by atoms with Crippen LogP contribution in [0.5, 0.6) is 0 Å². The van der Waals surface area contributed by atoms with Gasteiger partial charge in [-0.15, -0.1) is 0 Å². The van der Waals surface area contributed by atoms with Crippen LogP contribution in [0.3, 0.4) is 0 Å². The number of benzene rings is 1. The van der Waals surface area contributed by atoms with Crippen molar-refractivity contribution in [1.82, 2.24) is 25.0 Å². The number of aromatic nitrogens is 4. The average Bonchev–Trinajstić information content (AvgIpc) is 3.35. The molecule has 6 nitrogen and oxygen atoms in total. The van der Waals surface area contributed by atoms with Gasteiger partial charge >= 0.3 is 0 Å². The van der Waals surface area contributed by atoms with Gasteiger partial charge in [-0.05, 0) is 30.7 Å². The average molecular weight is 361 g/mol. The Morgan fingerprint density at radius 3 is 2.41 bits per heavy atom. The Bertz CT molecular complexity index is 878. The molecule has 1 saturated heterocycles. The molecule has 6 heteroatoms. The number of hydrogen-bond donors (Lipinski definition) is 0. The summed E-state index contributed by atoms with van der Waals surface area (Å²) in [6.45, 7) is 3.12. The molecule has 3 aromatic rings. The van der Waals surface area contributed by atoms with Crippen molar-refractivity contribution in [3.8, 4) is 22.6 Å². The molecule has 1 aliphatic carbocycles. The maximum absolute atomic E-state index is 5.53. The molecule has 27 heavy (non-hydrogen) atoms. The number of rotatable bonds is 4. The molecule has 2 aromatic heterocycles. The summed E-state index contributed by atoms with van der Waals surface area (Å²) < 4.78 is 5.53. The highest BCUT2D eigenvalue weighted by Crippen LogP contribution is 2.36. The summed E-state index contributed by atoms with van der Waals surface area (Å²) in [6.07, 6.45) is 8.86. The van der Waals surface area contributed by atoms with E-state index in [1.54, 1.807) is 12.5 Å². The largest absolute Gasteiger partial charge is 0.338 e. The molecule has 0 unspecified atom stereocenters. The molecule has 1 aromatic carbocycles. The third-order valence-corrected chi connectivity index (χ3v) is 5.90. The van der Waals surface area contributed by atoms with Crippen LogP contribution in [0.25, 0.3) is 22.6 Å². The lowest BCUT2D eigenvalue weighted by molar-refractivity contribution is 0.258. The second-order valence-corrected chi connectivity index (χ2v) is 7.68. The van der Waals surface area contributed by atoms with Crippen molar-refractivity contribution in [3.63, 3.8) is 0 Å². The van der Waals surface area contributed by atoms with Crippen LogP contribution in [0, 0.1) is 11.8 Å². The van der Waals surface area contributed by atoms with Gasteiger partial charge in [-0.25, -0.2) is 9.97 Å². The third kappa shape index (κ3) is 3.49. The number of likely N-dealkylation sites (tertiary alicyclic amines) is 1. The van der Waals surface area contributed by atoms with Crippen LogP contribution in [0.1, 0.15) is 31.6 Å². The van der Waals surface area contributed by atoms with Gasteiger partial charge in [0.05, 0.1) is 12.2 Å². The number of fused-ring (bicyclic) bond motifs is 1. The Morgan fingerprint density at radius 2 is 1.70 bits per heavy atom. The van der Waals surface area contributed by atoms with Crippen LogP contribution in [0.4, 0.5) is 0 Å². The zero-order chi connectivity index (χ0) is 18.1. The van der Waals surface area contributed by atoms with Crippen LogP contribution in [-0.4, -0.2) is 38.1 Å². The van der Waals surface area contributed by atoms with Crippen molar-refractivity contribution in [2.45, 2.75) is 32.2 Å². The van der Waals surface area contributed by atoms with Gasteiger partial charge in [-0.2, -0.15) is 4.98 Å². The lowest BCUT2D eigenvalue weighted by Gasteiger charge is -2.23. The first-order chi connectivity index (χ1) is 13.3. The Morgan fingerprint density at radius 1 is 0.963 bits per heavy atom. The van der Waals surface area contributed by atoms with Crippen molar-refractivity contribution in [1.29, 1.82) is 0 Å². The first kappa shape index (κ1) is 16.6. The van der Waals surface area contributed by atoms with Gasteiger partial charge < -0.3 is 4.52 Å². The predicted molar refractivity (Wildman–Crippen MR) is 101 cm³/mol. The van der Waals surface area contributed by atoms with Crippen LogP contribution in [0.2, 0.25) is 0 Å². The maximum Gasteiger partial charge on any atom is 0.241 e. The molecule has 0 spiro atoms. The second-order valence-electron chi connectivity index (χ2n) is 7.68.